The van der Waals surface area contributed by atoms with E-state index in [-0.39, 0.29) is 11.9 Å². The number of hydrogen-bond acceptors (Lipinski definition) is 5. The number of thioether (sulfide) groups is 1. The van der Waals surface area contributed by atoms with Crippen molar-refractivity contribution in [3.8, 4) is 5.75 Å². The molecule has 7 heteroatoms. The number of rotatable bonds is 6. The fourth-order valence-electron chi connectivity index (χ4n) is 3.61. The van der Waals surface area contributed by atoms with Gasteiger partial charge in [0.15, 0.2) is 0 Å². The first-order chi connectivity index (χ1) is 12.1. The maximum Gasteiger partial charge on any atom is 0.326 e. The van der Waals surface area contributed by atoms with E-state index in [9.17, 15) is 9.59 Å². The number of methoxy groups -OCH3 is 1. The largest absolute Gasteiger partial charge is 0.496 e. The third-order valence-corrected chi connectivity index (χ3v) is 6.41. The van der Waals surface area contributed by atoms with Gasteiger partial charge in [-0.25, -0.2) is 9.69 Å². The molecule has 1 aromatic rings. The molecule has 0 aromatic heterocycles. The number of nitrogens with one attached hydrogen (secondary N) is 1. The summed E-state index contributed by atoms with van der Waals surface area (Å²) >= 11 is 1.73. The molecule has 2 aliphatic heterocycles. The molecule has 3 amide bonds. The average molecular weight is 361 g/mol. The molecule has 1 aromatic carbocycles. The molecular weight excluding hydrogens is 338 g/mol. The summed E-state index contributed by atoms with van der Waals surface area (Å²) in [6.07, 6.45) is 2.95. The second kappa shape index (κ2) is 6.53. The summed E-state index contributed by atoms with van der Waals surface area (Å²) in [7, 11) is 1.67. The second-order valence-corrected chi connectivity index (χ2v) is 8.08. The summed E-state index contributed by atoms with van der Waals surface area (Å²) < 4.78 is 5.45. The highest BCUT2D eigenvalue weighted by Crippen LogP contribution is 2.35. The molecular formula is C18H23N3O3S. The monoisotopic (exact) mass is 361 g/mol. The lowest BCUT2D eigenvalue weighted by Crippen LogP contribution is -2.48. The summed E-state index contributed by atoms with van der Waals surface area (Å²) in [5.74, 6) is 2.39. The molecule has 2 saturated heterocycles. The van der Waals surface area contributed by atoms with E-state index in [1.165, 1.54) is 4.90 Å². The number of nitrogens with zero attached hydrogens (tertiary/aromatic N) is 2. The third kappa shape index (κ3) is 3.11. The van der Waals surface area contributed by atoms with Gasteiger partial charge in [0.05, 0.1) is 13.8 Å². The Morgan fingerprint density at radius 3 is 2.84 bits per heavy atom. The first kappa shape index (κ1) is 16.7. The first-order valence-corrected chi connectivity index (χ1v) is 9.86. The van der Waals surface area contributed by atoms with Crippen LogP contribution in [0.3, 0.4) is 0 Å². The van der Waals surface area contributed by atoms with Gasteiger partial charge in [0.2, 0.25) is 0 Å². The Balaban J connectivity index is 1.51. The molecule has 0 bridgehead atoms. The lowest BCUT2D eigenvalue weighted by Gasteiger charge is -2.27. The van der Waals surface area contributed by atoms with Gasteiger partial charge in [-0.1, -0.05) is 18.2 Å². The third-order valence-electron chi connectivity index (χ3n) is 5.22. The molecule has 0 radical (unpaired) electrons. The molecule has 1 saturated carbocycles. The Hall–Kier alpha value is -1.73. The van der Waals surface area contributed by atoms with Crippen molar-refractivity contribution in [1.29, 1.82) is 0 Å². The number of para-hydroxylation sites is 1. The minimum absolute atomic E-state index is 0.0619. The minimum Gasteiger partial charge on any atom is -0.496 e. The van der Waals surface area contributed by atoms with E-state index in [1.54, 1.807) is 18.9 Å². The zero-order valence-electron chi connectivity index (χ0n) is 14.4. The maximum absolute atomic E-state index is 12.9. The number of amides is 3. The Labute approximate surface area is 151 Å². The van der Waals surface area contributed by atoms with Crippen LogP contribution in [-0.2, 0) is 11.3 Å². The summed E-state index contributed by atoms with van der Waals surface area (Å²) in [4.78, 5) is 28.9. The van der Waals surface area contributed by atoms with Crippen molar-refractivity contribution < 1.29 is 14.3 Å². The van der Waals surface area contributed by atoms with E-state index in [0.717, 1.165) is 36.3 Å². The number of urea groups is 1. The molecule has 4 rings (SSSR count). The van der Waals surface area contributed by atoms with E-state index in [1.807, 2.05) is 24.3 Å². The second-order valence-electron chi connectivity index (χ2n) is 6.98. The first-order valence-electron chi connectivity index (χ1n) is 8.71. The zero-order chi connectivity index (χ0) is 17.4. The minimum atomic E-state index is -0.665. The van der Waals surface area contributed by atoms with Crippen LogP contribution in [0.25, 0.3) is 0 Å². The lowest BCUT2D eigenvalue weighted by atomic mass is 9.99. The van der Waals surface area contributed by atoms with Crippen molar-refractivity contribution in [1.82, 2.24) is 15.1 Å². The molecule has 3 aliphatic rings. The van der Waals surface area contributed by atoms with E-state index in [0.29, 0.717) is 25.0 Å². The summed E-state index contributed by atoms with van der Waals surface area (Å²) in [6, 6.07) is 8.09. The van der Waals surface area contributed by atoms with Crippen molar-refractivity contribution >= 4 is 23.7 Å². The van der Waals surface area contributed by atoms with Crippen LogP contribution in [0.1, 0.15) is 24.8 Å². The highest BCUT2D eigenvalue weighted by atomic mass is 32.2. The van der Waals surface area contributed by atoms with E-state index in [2.05, 4.69) is 10.2 Å². The number of carbonyl (C=O) groups is 2. The highest BCUT2D eigenvalue weighted by Gasteiger charge is 2.53. The lowest BCUT2D eigenvalue weighted by molar-refractivity contribution is -0.132. The van der Waals surface area contributed by atoms with Gasteiger partial charge >= 0.3 is 6.03 Å². The molecule has 1 N–H and O–H groups in total. The summed E-state index contributed by atoms with van der Waals surface area (Å²) in [6.45, 7) is 1.02. The van der Waals surface area contributed by atoms with Crippen molar-refractivity contribution in [2.45, 2.75) is 37.4 Å². The van der Waals surface area contributed by atoms with Crippen LogP contribution in [-0.4, -0.2) is 58.6 Å². The number of imide groups is 1. The van der Waals surface area contributed by atoms with Gasteiger partial charge in [0.1, 0.15) is 11.3 Å². The van der Waals surface area contributed by atoms with Gasteiger partial charge in [-0.15, -0.1) is 0 Å². The van der Waals surface area contributed by atoms with Crippen LogP contribution in [0.4, 0.5) is 4.79 Å². The Kier molecular flexibility index (Phi) is 4.37. The normalized spacial score (nSPS) is 25.9. The molecule has 6 nitrogen and oxygen atoms in total. The van der Waals surface area contributed by atoms with Crippen LogP contribution < -0.4 is 10.1 Å². The van der Waals surface area contributed by atoms with Gasteiger partial charge in [0, 0.05) is 23.9 Å². The molecule has 1 aliphatic carbocycles. The number of ether oxygens (including phenoxy) is 1. The standard InChI is InChI=1S/C18H23N3O3S/c1-24-15-5-3-2-4-13(15)10-20(14-6-7-14)12-21-16(22)18(19-17(21)23)8-9-25-11-18/h2-5,14H,6-12H2,1H3,(H,19,23)/t18-/m1/s1. The van der Waals surface area contributed by atoms with E-state index in [4.69, 9.17) is 4.74 Å². The van der Waals surface area contributed by atoms with Crippen molar-refractivity contribution in [2.75, 3.05) is 25.3 Å². The zero-order valence-corrected chi connectivity index (χ0v) is 15.2. The van der Waals surface area contributed by atoms with Gasteiger partial charge in [-0.3, -0.25) is 9.69 Å². The SMILES string of the molecule is COc1ccccc1CN(CN1C(=O)N[C@@]2(CCSC2)C1=O)C1CC1. The molecule has 1 spiro atoms. The predicted molar refractivity (Wildman–Crippen MR) is 96.5 cm³/mol. The molecule has 134 valence electrons. The van der Waals surface area contributed by atoms with Gasteiger partial charge < -0.3 is 10.1 Å². The molecule has 25 heavy (non-hydrogen) atoms. The number of hydrogen-bond donors (Lipinski definition) is 1. The molecule has 1 atom stereocenters. The number of carbonyl (C=O) groups excluding carboxylic acids is 2. The Morgan fingerprint density at radius 2 is 2.16 bits per heavy atom. The van der Waals surface area contributed by atoms with E-state index < -0.39 is 5.54 Å². The highest BCUT2D eigenvalue weighted by molar-refractivity contribution is 7.99. The van der Waals surface area contributed by atoms with Crippen molar-refractivity contribution in [2.24, 2.45) is 0 Å². The maximum atomic E-state index is 12.9. The Morgan fingerprint density at radius 1 is 1.36 bits per heavy atom. The Bertz CT molecular complexity index is 686. The van der Waals surface area contributed by atoms with Crippen molar-refractivity contribution in [3.05, 3.63) is 29.8 Å². The quantitative estimate of drug-likeness (QED) is 0.786. The number of benzene rings is 1. The van der Waals surface area contributed by atoms with Crippen LogP contribution in [0.2, 0.25) is 0 Å². The van der Waals surface area contributed by atoms with Crippen LogP contribution in [0.5, 0.6) is 5.75 Å². The predicted octanol–water partition coefficient (Wildman–Crippen LogP) is 2.04. The molecule has 0 unspecified atom stereocenters. The fourth-order valence-corrected chi connectivity index (χ4v) is 4.93. The van der Waals surface area contributed by atoms with Crippen molar-refractivity contribution in [3.63, 3.8) is 0 Å². The van der Waals surface area contributed by atoms with Gasteiger partial charge in [-0.2, -0.15) is 11.8 Å². The van der Waals surface area contributed by atoms with Crippen LogP contribution in [0.15, 0.2) is 24.3 Å². The van der Waals surface area contributed by atoms with E-state index >= 15 is 0 Å². The molecule has 3 fully saturated rings. The summed E-state index contributed by atoms with van der Waals surface area (Å²) in [5, 5.41) is 2.95. The van der Waals surface area contributed by atoms with Crippen LogP contribution in [0, 0.1) is 0 Å². The van der Waals surface area contributed by atoms with Gasteiger partial charge in [-0.05, 0) is 31.1 Å². The van der Waals surface area contributed by atoms with Gasteiger partial charge in [0.25, 0.3) is 5.91 Å². The van der Waals surface area contributed by atoms with Crippen LogP contribution >= 0.6 is 11.8 Å². The fraction of sp³-hybridized carbons (Fsp3) is 0.556. The molecule has 2 heterocycles. The smallest absolute Gasteiger partial charge is 0.326 e. The average Bonchev–Trinajstić information content (AvgIpc) is 3.32. The topological polar surface area (TPSA) is 61.9 Å². The summed E-state index contributed by atoms with van der Waals surface area (Å²) in [5.41, 5.74) is 0.414.